The van der Waals surface area contributed by atoms with Crippen molar-refractivity contribution >= 4 is 5.91 Å². The van der Waals surface area contributed by atoms with Gasteiger partial charge in [0, 0.05) is 45.6 Å². The minimum Gasteiger partial charge on any atom is -0.379 e. The van der Waals surface area contributed by atoms with Crippen LogP contribution in [-0.2, 0) is 9.53 Å². The summed E-state index contributed by atoms with van der Waals surface area (Å²) in [6.07, 6.45) is 5.00. The van der Waals surface area contributed by atoms with Crippen molar-refractivity contribution in [3.8, 4) is 11.8 Å². The summed E-state index contributed by atoms with van der Waals surface area (Å²) in [7, 11) is 0. The summed E-state index contributed by atoms with van der Waals surface area (Å²) in [5, 5.41) is 0. The number of unbranched alkanes of at least 4 members (excludes halogenated alkanes) is 2. The summed E-state index contributed by atoms with van der Waals surface area (Å²) < 4.78 is 5.51. The molecule has 0 unspecified atom stereocenters. The van der Waals surface area contributed by atoms with Crippen LogP contribution in [0.5, 0.6) is 0 Å². The third-order valence-corrected chi connectivity index (χ3v) is 3.82. The van der Waals surface area contributed by atoms with E-state index in [9.17, 15) is 4.79 Å². The fourth-order valence-corrected chi connectivity index (χ4v) is 2.48. The number of rotatable bonds is 8. The van der Waals surface area contributed by atoms with E-state index in [0.717, 1.165) is 65.0 Å². The molecule has 4 nitrogen and oxygen atoms in total. The van der Waals surface area contributed by atoms with E-state index in [1.54, 1.807) is 0 Å². The van der Waals surface area contributed by atoms with Crippen molar-refractivity contribution in [1.82, 2.24) is 9.80 Å². The molecule has 0 aromatic heterocycles. The minimum absolute atomic E-state index is 0.306. The van der Waals surface area contributed by atoms with E-state index in [-0.39, 0.29) is 0 Å². The Bertz CT molecular complexity index is 363. The van der Waals surface area contributed by atoms with Crippen LogP contribution in [0.4, 0.5) is 0 Å². The smallest absolute Gasteiger partial charge is 0.222 e. The topological polar surface area (TPSA) is 32.8 Å². The lowest BCUT2D eigenvalue weighted by molar-refractivity contribution is -0.133. The Morgan fingerprint density at radius 3 is 2.45 bits per heavy atom. The van der Waals surface area contributed by atoms with Crippen LogP contribution in [-0.4, -0.2) is 61.1 Å². The average Bonchev–Trinajstić information content (AvgIpc) is 2.51. The summed E-state index contributed by atoms with van der Waals surface area (Å²) >= 11 is 0. The lowest BCUT2D eigenvalue weighted by Gasteiger charge is -2.33. The maximum Gasteiger partial charge on any atom is 0.222 e. The summed E-state index contributed by atoms with van der Waals surface area (Å²) in [5.41, 5.74) is 0. The average molecular weight is 308 g/mol. The van der Waals surface area contributed by atoms with Crippen LogP contribution in [0.2, 0.25) is 0 Å². The van der Waals surface area contributed by atoms with Crippen molar-refractivity contribution in [3.63, 3.8) is 0 Å². The van der Waals surface area contributed by atoms with E-state index in [4.69, 9.17) is 4.74 Å². The Balaban J connectivity index is 2.07. The van der Waals surface area contributed by atoms with Crippen LogP contribution in [0.15, 0.2) is 0 Å². The number of hydrogen-bond acceptors (Lipinski definition) is 3. The Kier molecular flexibility index (Phi) is 9.94. The Labute approximate surface area is 136 Å². The van der Waals surface area contributed by atoms with Gasteiger partial charge in [0.15, 0.2) is 0 Å². The molecule has 0 spiro atoms. The van der Waals surface area contributed by atoms with Crippen molar-refractivity contribution in [2.75, 3.05) is 39.3 Å². The number of nitrogens with zero attached hydrogens (tertiary/aromatic N) is 2. The molecule has 0 atom stereocenters. The lowest BCUT2D eigenvalue weighted by Crippen LogP contribution is -2.48. The first-order valence-electron chi connectivity index (χ1n) is 8.71. The second-order valence-corrected chi connectivity index (χ2v) is 6.09. The second kappa shape index (κ2) is 11.5. The monoisotopic (exact) mass is 308 g/mol. The van der Waals surface area contributed by atoms with Crippen molar-refractivity contribution in [2.24, 2.45) is 0 Å². The van der Waals surface area contributed by atoms with Gasteiger partial charge in [0.1, 0.15) is 0 Å². The molecule has 126 valence electrons. The molecule has 0 aromatic rings. The van der Waals surface area contributed by atoms with E-state index in [1.807, 2.05) is 4.90 Å². The number of amides is 1. The zero-order chi connectivity index (χ0) is 16.2. The number of carbonyl (C=O) groups excluding carboxylic acids is 1. The van der Waals surface area contributed by atoms with E-state index in [0.29, 0.717) is 18.4 Å². The maximum atomic E-state index is 12.2. The second-order valence-electron chi connectivity index (χ2n) is 6.09. The van der Waals surface area contributed by atoms with Crippen molar-refractivity contribution in [2.45, 2.75) is 59.0 Å². The summed E-state index contributed by atoms with van der Waals surface area (Å²) in [4.78, 5) is 16.5. The molecule has 0 radical (unpaired) electrons. The predicted octanol–water partition coefficient (Wildman–Crippen LogP) is 2.53. The van der Waals surface area contributed by atoms with Gasteiger partial charge in [-0.15, -0.1) is 5.92 Å². The van der Waals surface area contributed by atoms with E-state index in [2.05, 4.69) is 37.5 Å². The molecule has 1 amide bonds. The highest BCUT2D eigenvalue weighted by atomic mass is 16.5. The SMILES string of the molecule is CCC#CCN1CCN(C(=O)CCCCCOC(C)C)CC1. The molecule has 0 N–H and O–H groups in total. The Morgan fingerprint density at radius 2 is 1.82 bits per heavy atom. The molecule has 1 heterocycles. The largest absolute Gasteiger partial charge is 0.379 e. The van der Waals surface area contributed by atoms with Gasteiger partial charge in [0.2, 0.25) is 5.91 Å². The molecule has 1 rings (SSSR count). The van der Waals surface area contributed by atoms with Gasteiger partial charge in [-0.3, -0.25) is 9.69 Å². The zero-order valence-electron chi connectivity index (χ0n) is 14.6. The molecule has 0 aliphatic carbocycles. The molecule has 22 heavy (non-hydrogen) atoms. The van der Waals surface area contributed by atoms with Crippen LogP contribution in [0.3, 0.4) is 0 Å². The standard InChI is InChI=1S/C18H32N2O2/c1-4-5-8-11-19-12-14-20(15-13-19)18(21)10-7-6-9-16-22-17(2)3/h17H,4,6-7,9-16H2,1-3H3. The van der Waals surface area contributed by atoms with Crippen LogP contribution in [0.1, 0.15) is 52.9 Å². The summed E-state index contributed by atoms with van der Waals surface area (Å²) in [5.74, 6) is 6.58. The Hall–Kier alpha value is -1.05. The van der Waals surface area contributed by atoms with Gasteiger partial charge in [0.05, 0.1) is 12.6 Å². The molecule has 1 aliphatic rings. The van der Waals surface area contributed by atoms with Gasteiger partial charge in [-0.1, -0.05) is 19.3 Å². The van der Waals surface area contributed by atoms with Gasteiger partial charge < -0.3 is 9.64 Å². The minimum atomic E-state index is 0.306. The summed E-state index contributed by atoms with van der Waals surface area (Å²) in [6, 6.07) is 0. The van der Waals surface area contributed by atoms with Crippen LogP contribution in [0, 0.1) is 11.8 Å². The van der Waals surface area contributed by atoms with E-state index in [1.165, 1.54) is 0 Å². The molecule has 0 saturated carbocycles. The van der Waals surface area contributed by atoms with E-state index >= 15 is 0 Å². The summed E-state index contributed by atoms with van der Waals surface area (Å²) in [6.45, 7) is 11.4. The maximum absolute atomic E-state index is 12.2. The normalized spacial score (nSPS) is 15.7. The van der Waals surface area contributed by atoms with Crippen molar-refractivity contribution < 1.29 is 9.53 Å². The molecular weight excluding hydrogens is 276 g/mol. The predicted molar refractivity (Wildman–Crippen MR) is 90.6 cm³/mol. The first-order chi connectivity index (χ1) is 10.6. The van der Waals surface area contributed by atoms with Crippen LogP contribution >= 0.6 is 0 Å². The molecule has 1 saturated heterocycles. The van der Waals surface area contributed by atoms with Crippen molar-refractivity contribution in [1.29, 1.82) is 0 Å². The third-order valence-electron chi connectivity index (χ3n) is 3.82. The Morgan fingerprint density at radius 1 is 1.09 bits per heavy atom. The highest BCUT2D eigenvalue weighted by molar-refractivity contribution is 5.76. The molecule has 0 aromatic carbocycles. The number of piperazine rings is 1. The molecular formula is C18H32N2O2. The zero-order valence-corrected chi connectivity index (χ0v) is 14.6. The molecule has 1 fully saturated rings. The first kappa shape index (κ1) is 19.0. The van der Waals surface area contributed by atoms with Crippen LogP contribution < -0.4 is 0 Å². The van der Waals surface area contributed by atoms with Gasteiger partial charge in [-0.05, 0) is 26.7 Å². The number of carbonyl (C=O) groups is 1. The number of ether oxygens (including phenoxy) is 1. The quantitative estimate of drug-likeness (QED) is 0.510. The third kappa shape index (κ3) is 8.41. The highest BCUT2D eigenvalue weighted by Crippen LogP contribution is 2.07. The fraction of sp³-hybridized carbons (Fsp3) is 0.833. The molecule has 0 bridgehead atoms. The van der Waals surface area contributed by atoms with Gasteiger partial charge >= 0.3 is 0 Å². The van der Waals surface area contributed by atoms with Gasteiger partial charge in [0.25, 0.3) is 0 Å². The van der Waals surface area contributed by atoms with Gasteiger partial charge in [-0.2, -0.15) is 0 Å². The molecule has 4 heteroatoms. The van der Waals surface area contributed by atoms with Crippen molar-refractivity contribution in [3.05, 3.63) is 0 Å². The van der Waals surface area contributed by atoms with Crippen LogP contribution in [0.25, 0.3) is 0 Å². The van der Waals surface area contributed by atoms with E-state index < -0.39 is 0 Å². The molecule has 1 aliphatic heterocycles. The number of hydrogen-bond donors (Lipinski definition) is 0. The van der Waals surface area contributed by atoms with Gasteiger partial charge in [-0.25, -0.2) is 0 Å². The lowest BCUT2D eigenvalue weighted by atomic mass is 10.1. The fourth-order valence-electron chi connectivity index (χ4n) is 2.48. The highest BCUT2D eigenvalue weighted by Gasteiger charge is 2.19. The first-order valence-corrected chi connectivity index (χ1v) is 8.71.